The Bertz CT molecular complexity index is 1140. The van der Waals surface area contributed by atoms with Crippen LogP contribution in [0.5, 0.6) is 17.2 Å². The Hall–Kier alpha value is -3.24. The molecule has 0 unspecified atom stereocenters. The van der Waals surface area contributed by atoms with Crippen LogP contribution in [0.3, 0.4) is 0 Å². The fraction of sp³-hybridized carbons (Fsp3) is 0.375. The molecule has 1 saturated heterocycles. The van der Waals surface area contributed by atoms with Gasteiger partial charge in [0.1, 0.15) is 17.9 Å². The molecule has 4 rings (SSSR count). The first-order chi connectivity index (χ1) is 16.6. The number of fused-ring (bicyclic) bond motifs is 1. The van der Waals surface area contributed by atoms with Crippen LogP contribution in [0.4, 0.5) is 10.6 Å². The van der Waals surface area contributed by atoms with Gasteiger partial charge >= 0.3 is 6.03 Å². The van der Waals surface area contributed by atoms with E-state index in [9.17, 15) is 4.79 Å². The zero-order chi connectivity index (χ0) is 23.9. The van der Waals surface area contributed by atoms with E-state index in [2.05, 4.69) is 32.0 Å². The third-order valence-electron chi connectivity index (χ3n) is 5.79. The van der Waals surface area contributed by atoms with Gasteiger partial charge in [-0.2, -0.15) is 0 Å². The molecule has 0 radical (unpaired) electrons. The van der Waals surface area contributed by atoms with Gasteiger partial charge in [0, 0.05) is 11.5 Å². The van der Waals surface area contributed by atoms with Gasteiger partial charge in [0.05, 0.1) is 31.2 Å². The zero-order valence-electron chi connectivity index (χ0n) is 19.5. The molecular formula is C24H29N5O4S. The van der Waals surface area contributed by atoms with E-state index in [0.29, 0.717) is 46.5 Å². The summed E-state index contributed by atoms with van der Waals surface area (Å²) in [5.74, 6) is 2.78. The van der Waals surface area contributed by atoms with Gasteiger partial charge in [0.2, 0.25) is 0 Å². The minimum absolute atomic E-state index is 0.378. The number of urea groups is 1. The summed E-state index contributed by atoms with van der Waals surface area (Å²) in [4.78, 5) is 24.3. The van der Waals surface area contributed by atoms with E-state index >= 15 is 0 Å². The normalized spacial score (nSPS) is 14.6. The lowest BCUT2D eigenvalue weighted by Crippen LogP contribution is -2.32. The van der Waals surface area contributed by atoms with Crippen LogP contribution < -0.4 is 24.2 Å². The Labute approximate surface area is 203 Å². The molecule has 0 spiro atoms. The molecule has 0 atom stereocenters. The Morgan fingerprint density at radius 2 is 1.85 bits per heavy atom. The van der Waals surface area contributed by atoms with E-state index in [1.807, 2.05) is 30.3 Å². The summed E-state index contributed by atoms with van der Waals surface area (Å²) < 4.78 is 19.8. The summed E-state index contributed by atoms with van der Waals surface area (Å²) in [5, 5.41) is 3.44. The lowest BCUT2D eigenvalue weighted by atomic mass is 9.98. The van der Waals surface area contributed by atoms with Crippen molar-refractivity contribution < 1.29 is 19.0 Å². The Morgan fingerprint density at radius 3 is 2.62 bits per heavy atom. The van der Waals surface area contributed by atoms with Crippen molar-refractivity contribution in [2.45, 2.75) is 17.7 Å². The molecular weight excluding hydrogens is 454 g/mol. The number of anilines is 1. The number of hydrogen-bond acceptors (Lipinski definition) is 8. The Morgan fingerprint density at radius 1 is 1.09 bits per heavy atom. The second-order valence-corrected chi connectivity index (χ2v) is 8.96. The quantitative estimate of drug-likeness (QED) is 0.460. The van der Waals surface area contributed by atoms with Gasteiger partial charge in [-0.25, -0.2) is 14.8 Å². The number of aromatic nitrogens is 2. The Balaban J connectivity index is 1.45. The molecule has 0 aliphatic carbocycles. The molecule has 2 heterocycles. The number of likely N-dealkylation sites (tertiary alicyclic amines) is 1. The molecule has 1 aliphatic heterocycles. The van der Waals surface area contributed by atoms with Crippen molar-refractivity contribution in [2.75, 3.05) is 46.3 Å². The predicted octanol–water partition coefficient (Wildman–Crippen LogP) is 4.20. The van der Waals surface area contributed by atoms with Gasteiger partial charge in [-0.05, 0) is 69.0 Å². The summed E-state index contributed by atoms with van der Waals surface area (Å²) in [7, 11) is 5.33. The molecule has 2 N–H and O–H groups in total. The van der Waals surface area contributed by atoms with Gasteiger partial charge in [0.25, 0.3) is 0 Å². The van der Waals surface area contributed by atoms with Crippen molar-refractivity contribution in [3.63, 3.8) is 0 Å². The number of piperidine rings is 1. The topological polar surface area (TPSA) is 97.8 Å². The lowest BCUT2D eigenvalue weighted by Gasteiger charge is -2.28. The molecule has 180 valence electrons. The number of nitrogens with one attached hydrogen (secondary N) is 2. The molecule has 0 bridgehead atoms. The third-order valence-corrected chi connectivity index (χ3v) is 6.63. The minimum Gasteiger partial charge on any atom is -0.496 e. The van der Waals surface area contributed by atoms with Crippen LogP contribution in [-0.4, -0.2) is 61.9 Å². The number of benzene rings is 2. The van der Waals surface area contributed by atoms with Crippen LogP contribution in [0.1, 0.15) is 12.8 Å². The Kier molecular flexibility index (Phi) is 7.91. The SMILES string of the molecule is COc1cc2c(NC(=O)NSc3ccccc3OC)ncnc2cc1OCC1CCN(C)CC1. The van der Waals surface area contributed by atoms with Crippen LogP contribution in [-0.2, 0) is 0 Å². The molecule has 1 aliphatic rings. The molecule has 2 amide bonds. The van der Waals surface area contributed by atoms with Gasteiger partial charge < -0.3 is 19.1 Å². The standard InChI is InChI=1S/C24H29N5O4S/c1-29-10-8-16(9-11-29)14-33-21-13-18-17(12-20(21)32-3)23(26-15-25-18)27-24(30)28-34-22-7-5-4-6-19(22)31-2/h4-7,12-13,15-16H,8-11,14H2,1-3H3,(H2,25,26,27,28,30). The van der Waals surface area contributed by atoms with E-state index in [1.165, 1.54) is 6.33 Å². The largest absolute Gasteiger partial charge is 0.496 e. The van der Waals surface area contributed by atoms with E-state index in [4.69, 9.17) is 14.2 Å². The highest BCUT2D eigenvalue weighted by atomic mass is 32.2. The van der Waals surface area contributed by atoms with Crippen molar-refractivity contribution in [2.24, 2.45) is 5.92 Å². The van der Waals surface area contributed by atoms with Crippen LogP contribution >= 0.6 is 11.9 Å². The number of amides is 2. The van der Waals surface area contributed by atoms with Crippen LogP contribution in [0.15, 0.2) is 47.6 Å². The van der Waals surface area contributed by atoms with Crippen molar-refractivity contribution in [1.29, 1.82) is 0 Å². The molecule has 1 aromatic heterocycles. The van der Waals surface area contributed by atoms with E-state index in [0.717, 1.165) is 42.8 Å². The number of carbonyl (C=O) groups is 1. The number of methoxy groups -OCH3 is 2. The molecule has 1 fully saturated rings. The number of hydrogen-bond donors (Lipinski definition) is 2. The van der Waals surface area contributed by atoms with Gasteiger partial charge in [-0.3, -0.25) is 10.0 Å². The average molecular weight is 484 g/mol. The van der Waals surface area contributed by atoms with Crippen molar-refractivity contribution in [3.8, 4) is 17.2 Å². The zero-order valence-corrected chi connectivity index (χ0v) is 20.4. The second kappa shape index (κ2) is 11.3. The fourth-order valence-corrected chi connectivity index (χ4v) is 4.46. The lowest BCUT2D eigenvalue weighted by molar-refractivity contribution is 0.157. The molecule has 0 saturated carbocycles. The molecule has 2 aromatic carbocycles. The summed E-state index contributed by atoms with van der Waals surface area (Å²) in [6.45, 7) is 2.81. The number of ether oxygens (including phenoxy) is 3. The van der Waals surface area contributed by atoms with E-state index in [-0.39, 0.29) is 0 Å². The highest BCUT2D eigenvalue weighted by molar-refractivity contribution is 7.98. The fourth-order valence-electron chi connectivity index (χ4n) is 3.81. The highest BCUT2D eigenvalue weighted by Gasteiger charge is 2.19. The first-order valence-electron chi connectivity index (χ1n) is 11.1. The average Bonchev–Trinajstić information content (AvgIpc) is 2.87. The highest BCUT2D eigenvalue weighted by Crippen LogP contribution is 2.35. The van der Waals surface area contributed by atoms with E-state index < -0.39 is 6.03 Å². The maximum atomic E-state index is 12.5. The monoisotopic (exact) mass is 483 g/mol. The molecule has 10 heteroatoms. The van der Waals surface area contributed by atoms with Crippen LogP contribution in [0.2, 0.25) is 0 Å². The molecule has 34 heavy (non-hydrogen) atoms. The van der Waals surface area contributed by atoms with Crippen LogP contribution in [0.25, 0.3) is 10.9 Å². The maximum Gasteiger partial charge on any atom is 0.330 e. The maximum absolute atomic E-state index is 12.5. The smallest absolute Gasteiger partial charge is 0.330 e. The van der Waals surface area contributed by atoms with Crippen molar-refractivity contribution in [1.82, 2.24) is 19.6 Å². The van der Waals surface area contributed by atoms with Gasteiger partial charge in [-0.15, -0.1) is 0 Å². The number of rotatable bonds is 8. The first kappa shape index (κ1) is 23.9. The van der Waals surface area contributed by atoms with Crippen LogP contribution in [0, 0.1) is 5.92 Å². The predicted molar refractivity (Wildman–Crippen MR) is 133 cm³/mol. The number of carbonyl (C=O) groups excluding carboxylic acids is 1. The number of nitrogens with zero attached hydrogens (tertiary/aromatic N) is 3. The third kappa shape index (κ3) is 5.81. The van der Waals surface area contributed by atoms with Crippen molar-refractivity contribution >= 4 is 34.7 Å². The van der Waals surface area contributed by atoms with Gasteiger partial charge in [-0.1, -0.05) is 12.1 Å². The molecule has 3 aromatic rings. The van der Waals surface area contributed by atoms with Crippen molar-refractivity contribution in [3.05, 3.63) is 42.7 Å². The minimum atomic E-state index is -0.419. The van der Waals surface area contributed by atoms with Gasteiger partial charge in [0.15, 0.2) is 11.5 Å². The summed E-state index contributed by atoms with van der Waals surface area (Å²) in [5.41, 5.74) is 0.654. The summed E-state index contributed by atoms with van der Waals surface area (Å²) in [6, 6.07) is 10.6. The number of para-hydroxylation sites is 1. The summed E-state index contributed by atoms with van der Waals surface area (Å²) in [6.07, 6.45) is 3.65. The van der Waals surface area contributed by atoms with E-state index in [1.54, 1.807) is 20.3 Å². The second-order valence-electron chi connectivity index (χ2n) is 8.11. The summed E-state index contributed by atoms with van der Waals surface area (Å²) >= 11 is 1.16. The first-order valence-corrected chi connectivity index (χ1v) is 11.9. The molecule has 9 nitrogen and oxygen atoms in total.